The Morgan fingerprint density at radius 2 is 1.66 bits per heavy atom. The van der Waals surface area contributed by atoms with Crippen LogP contribution in [0, 0.1) is 5.92 Å². The van der Waals surface area contributed by atoms with Crippen LogP contribution in [-0.4, -0.2) is 83.6 Å². The van der Waals surface area contributed by atoms with E-state index in [9.17, 15) is 24.6 Å². The molecule has 0 bridgehead atoms. The summed E-state index contributed by atoms with van der Waals surface area (Å²) in [5.41, 5.74) is 2.36. The van der Waals surface area contributed by atoms with E-state index in [1.54, 1.807) is 72.5 Å². The van der Waals surface area contributed by atoms with E-state index in [0.29, 0.717) is 48.3 Å². The normalized spacial score (nSPS) is 18.1. The van der Waals surface area contributed by atoms with Crippen LogP contribution in [0.25, 0.3) is 0 Å². The molecule has 0 saturated heterocycles. The van der Waals surface area contributed by atoms with E-state index in [-0.39, 0.29) is 42.5 Å². The number of aromatic carboxylic acids is 1. The molecule has 0 aromatic heterocycles. The highest BCUT2D eigenvalue weighted by Crippen LogP contribution is 2.34. The number of nitrogens with one attached hydrogen (secondary N) is 2. The summed E-state index contributed by atoms with van der Waals surface area (Å²) in [4.78, 5) is 41.5. The second-order valence-electron chi connectivity index (χ2n) is 11.2. The number of ether oxygens (including phenoxy) is 3. The zero-order chi connectivity index (χ0) is 31.4. The molecule has 12 nitrogen and oxygen atoms in total. The lowest BCUT2D eigenvalue weighted by Crippen LogP contribution is -2.49. The Balaban J connectivity index is 1.33. The lowest BCUT2D eigenvalue weighted by Gasteiger charge is -2.38. The summed E-state index contributed by atoms with van der Waals surface area (Å²) in [7, 11) is 1.95. The quantitative estimate of drug-likeness (QED) is 0.283. The molecule has 0 aliphatic carbocycles. The third-order valence-corrected chi connectivity index (χ3v) is 7.70. The molecule has 0 radical (unpaired) electrons. The van der Waals surface area contributed by atoms with E-state index in [1.165, 1.54) is 0 Å². The largest absolute Gasteiger partial charge is 0.488 e. The zero-order valence-electron chi connectivity index (χ0n) is 24.8. The van der Waals surface area contributed by atoms with Crippen molar-refractivity contribution < 1.29 is 38.8 Å². The fraction of sp³-hybridized carbons (Fsp3) is 0.344. The van der Waals surface area contributed by atoms with E-state index in [0.717, 1.165) is 5.56 Å². The molecule has 44 heavy (non-hydrogen) atoms. The van der Waals surface area contributed by atoms with Gasteiger partial charge in [0.15, 0.2) is 11.5 Å². The Morgan fingerprint density at radius 1 is 1.00 bits per heavy atom. The number of aliphatic hydroxyl groups excluding tert-OH is 1. The fourth-order valence-electron chi connectivity index (χ4n) is 5.22. The number of rotatable bonds is 9. The third-order valence-electron chi connectivity index (χ3n) is 7.70. The molecule has 2 heterocycles. The van der Waals surface area contributed by atoms with Gasteiger partial charge in [0.2, 0.25) is 6.79 Å². The van der Waals surface area contributed by atoms with Crippen molar-refractivity contribution in [1.82, 2.24) is 9.80 Å². The Bertz CT molecular complexity index is 1530. The smallest absolute Gasteiger partial charge is 0.335 e. The van der Waals surface area contributed by atoms with Crippen molar-refractivity contribution in [2.24, 2.45) is 5.92 Å². The number of urea groups is 1. The van der Waals surface area contributed by atoms with Gasteiger partial charge >= 0.3 is 12.0 Å². The first kappa shape index (κ1) is 30.6. The number of amides is 3. The molecular formula is C32H36N4O8. The minimum atomic E-state index is -0.972. The Labute approximate surface area is 255 Å². The van der Waals surface area contributed by atoms with Crippen LogP contribution in [0.5, 0.6) is 17.2 Å². The maximum atomic E-state index is 13.7. The number of hydrogen-bond acceptors (Lipinski definition) is 8. The van der Waals surface area contributed by atoms with Crippen molar-refractivity contribution in [3.63, 3.8) is 0 Å². The molecule has 5 rings (SSSR count). The van der Waals surface area contributed by atoms with E-state index in [4.69, 9.17) is 14.2 Å². The van der Waals surface area contributed by atoms with Crippen LogP contribution in [-0.2, 0) is 6.54 Å². The lowest BCUT2D eigenvalue weighted by atomic mass is 9.99. The van der Waals surface area contributed by atoms with Gasteiger partial charge in [-0.05, 0) is 62.0 Å². The number of anilines is 2. The Hall–Kier alpha value is -4.81. The zero-order valence-corrected chi connectivity index (χ0v) is 24.8. The van der Waals surface area contributed by atoms with Crippen LogP contribution in [0.1, 0.15) is 40.1 Å². The van der Waals surface area contributed by atoms with Gasteiger partial charge in [-0.1, -0.05) is 19.1 Å². The number of likely N-dealkylation sites (N-methyl/N-ethyl adjacent to an activating group) is 1. The molecule has 0 saturated carbocycles. The second-order valence-corrected chi connectivity index (χ2v) is 11.2. The molecule has 3 aromatic rings. The maximum absolute atomic E-state index is 13.7. The number of carbonyl (C=O) groups excluding carboxylic acids is 2. The van der Waals surface area contributed by atoms with Gasteiger partial charge in [-0.15, -0.1) is 0 Å². The van der Waals surface area contributed by atoms with Crippen LogP contribution in [0.2, 0.25) is 0 Å². The maximum Gasteiger partial charge on any atom is 0.335 e. The summed E-state index contributed by atoms with van der Waals surface area (Å²) < 4.78 is 17.1. The highest BCUT2D eigenvalue weighted by atomic mass is 16.7. The topological polar surface area (TPSA) is 150 Å². The number of fused-ring (bicyclic) bond motifs is 2. The summed E-state index contributed by atoms with van der Waals surface area (Å²) in [6.45, 7) is 5.16. The number of benzene rings is 3. The number of nitrogens with zero attached hydrogens (tertiary/aromatic N) is 2. The molecule has 0 spiro atoms. The summed E-state index contributed by atoms with van der Waals surface area (Å²) in [5, 5.41) is 24.6. The van der Waals surface area contributed by atoms with Gasteiger partial charge in [0, 0.05) is 43.0 Å². The minimum absolute atomic E-state index is 0.0804. The van der Waals surface area contributed by atoms with E-state index in [1.807, 2.05) is 14.0 Å². The van der Waals surface area contributed by atoms with E-state index >= 15 is 0 Å². The first-order valence-corrected chi connectivity index (χ1v) is 14.3. The molecule has 0 fully saturated rings. The van der Waals surface area contributed by atoms with Gasteiger partial charge in [-0.2, -0.15) is 0 Å². The van der Waals surface area contributed by atoms with E-state index in [2.05, 4.69) is 15.5 Å². The minimum Gasteiger partial charge on any atom is -0.488 e. The SMILES string of the molecule is C[C@H]1CN([C@@H](C)CO)C(=O)c2cc(NC(=O)Nc3ccc4c(c3)OCO4)ccc2O[C@H]1CN(C)Cc1ccc(C(=O)O)cc1. The van der Waals surface area contributed by atoms with Crippen LogP contribution in [0.3, 0.4) is 0 Å². The molecular weight excluding hydrogens is 568 g/mol. The molecule has 4 N–H and O–H groups in total. The first-order valence-electron chi connectivity index (χ1n) is 14.3. The summed E-state index contributed by atoms with van der Waals surface area (Å²) in [6, 6.07) is 15.8. The highest BCUT2D eigenvalue weighted by molar-refractivity contribution is 6.02. The van der Waals surface area contributed by atoms with Gasteiger partial charge in [0.05, 0.1) is 23.8 Å². The Kier molecular flexibility index (Phi) is 9.21. The van der Waals surface area contributed by atoms with Crippen LogP contribution < -0.4 is 24.8 Å². The number of aliphatic hydroxyl groups is 1. The predicted octanol–water partition coefficient (Wildman–Crippen LogP) is 4.11. The van der Waals surface area contributed by atoms with Crippen LogP contribution in [0.15, 0.2) is 60.7 Å². The summed E-state index contributed by atoms with van der Waals surface area (Å²) >= 11 is 0. The van der Waals surface area contributed by atoms with Gasteiger partial charge in [0.25, 0.3) is 5.91 Å². The molecule has 232 valence electrons. The second kappa shape index (κ2) is 13.2. The molecule has 0 unspecified atom stereocenters. The molecule has 3 aromatic carbocycles. The molecule has 12 heteroatoms. The average Bonchev–Trinajstić information content (AvgIpc) is 3.47. The van der Waals surface area contributed by atoms with Crippen molar-refractivity contribution >= 4 is 29.3 Å². The van der Waals surface area contributed by atoms with Crippen LogP contribution in [0.4, 0.5) is 16.2 Å². The van der Waals surface area contributed by atoms with Crippen LogP contribution >= 0.6 is 0 Å². The van der Waals surface area contributed by atoms with Crippen molar-refractivity contribution in [1.29, 1.82) is 0 Å². The van der Waals surface area contributed by atoms with Gasteiger partial charge < -0.3 is 40.0 Å². The van der Waals surface area contributed by atoms with Gasteiger partial charge in [-0.25, -0.2) is 9.59 Å². The molecule has 2 aliphatic heterocycles. The monoisotopic (exact) mass is 604 g/mol. The van der Waals surface area contributed by atoms with Crippen molar-refractivity contribution in [3.05, 3.63) is 77.4 Å². The van der Waals surface area contributed by atoms with Gasteiger partial charge in [-0.3, -0.25) is 9.69 Å². The number of carboxylic acids is 1. The van der Waals surface area contributed by atoms with Gasteiger partial charge in [0.1, 0.15) is 11.9 Å². The summed E-state index contributed by atoms with van der Waals surface area (Å²) in [6.07, 6.45) is -0.313. The van der Waals surface area contributed by atoms with Crippen molar-refractivity contribution in [2.75, 3.05) is 44.2 Å². The van der Waals surface area contributed by atoms with E-state index < -0.39 is 18.0 Å². The van der Waals surface area contributed by atoms with Crippen molar-refractivity contribution in [3.8, 4) is 17.2 Å². The lowest BCUT2D eigenvalue weighted by molar-refractivity contribution is 0.0341. The number of carboxylic acid groups (broad SMARTS) is 1. The molecule has 2 aliphatic rings. The third kappa shape index (κ3) is 7.04. The first-order chi connectivity index (χ1) is 21.1. The van der Waals surface area contributed by atoms with Crippen molar-refractivity contribution in [2.45, 2.75) is 32.5 Å². The summed E-state index contributed by atoms with van der Waals surface area (Å²) in [5.74, 6) is 0.158. The fourth-order valence-corrected chi connectivity index (χ4v) is 5.22. The molecule has 3 amide bonds. The predicted molar refractivity (Wildman–Crippen MR) is 163 cm³/mol. The number of carbonyl (C=O) groups is 3. The highest BCUT2D eigenvalue weighted by Gasteiger charge is 2.33. The number of hydrogen-bond donors (Lipinski definition) is 4. The standard InChI is InChI=1S/C32H36N4O8/c1-19-14-36(20(2)17-37)30(38)25-12-23(33-32(41)34-24-9-11-27-28(13-24)43-18-42-27)8-10-26(25)44-29(19)16-35(3)15-21-4-6-22(7-5-21)31(39)40/h4-13,19-20,29,37H,14-18H2,1-3H3,(H,39,40)(H2,33,34,41)/t19-,20-,29-/m0/s1. The average molecular weight is 605 g/mol. The molecule has 3 atom stereocenters. The Morgan fingerprint density at radius 3 is 2.34 bits per heavy atom.